The molecule has 0 saturated carbocycles. The second-order valence-electron chi connectivity index (χ2n) is 6.97. The number of benzene rings is 2. The normalized spacial score (nSPS) is 14.9. The zero-order valence-corrected chi connectivity index (χ0v) is 17.9. The van der Waals surface area contributed by atoms with Crippen molar-refractivity contribution in [1.82, 2.24) is 10.2 Å². The van der Waals surface area contributed by atoms with Crippen LogP contribution in [0.1, 0.15) is 24.0 Å². The van der Waals surface area contributed by atoms with Gasteiger partial charge in [0.2, 0.25) is 5.91 Å². The van der Waals surface area contributed by atoms with Gasteiger partial charge in [0.25, 0.3) is 11.1 Å². The number of carbonyl (C=O) groups is 3. The van der Waals surface area contributed by atoms with Crippen molar-refractivity contribution in [3.8, 4) is 5.75 Å². The lowest BCUT2D eigenvalue weighted by Gasteiger charge is -2.13. The smallest absolute Gasteiger partial charge is 0.293 e. The highest BCUT2D eigenvalue weighted by Crippen LogP contribution is 2.32. The summed E-state index contributed by atoms with van der Waals surface area (Å²) in [4.78, 5) is 37.8. The Hall–Kier alpha value is -3.13. The molecule has 1 saturated heterocycles. The molecule has 162 valence electrons. The fraction of sp³-hybridized carbons (Fsp3) is 0.261. The van der Waals surface area contributed by atoms with Gasteiger partial charge < -0.3 is 10.1 Å². The van der Waals surface area contributed by atoms with Crippen LogP contribution in [-0.4, -0.2) is 41.6 Å². The molecule has 0 spiro atoms. The van der Waals surface area contributed by atoms with E-state index in [2.05, 4.69) is 5.32 Å². The maximum atomic E-state index is 13.8. The average Bonchev–Trinajstić information content (AvgIpc) is 3.00. The number of ether oxygens (including phenoxy) is 1. The van der Waals surface area contributed by atoms with Gasteiger partial charge in [0.1, 0.15) is 11.6 Å². The lowest BCUT2D eigenvalue weighted by atomic mass is 10.2. The quantitative estimate of drug-likeness (QED) is 0.467. The molecule has 3 amide bonds. The van der Waals surface area contributed by atoms with Crippen LogP contribution >= 0.6 is 11.8 Å². The minimum atomic E-state index is -0.487. The first-order valence-electron chi connectivity index (χ1n) is 9.90. The van der Waals surface area contributed by atoms with Gasteiger partial charge in [-0.1, -0.05) is 30.3 Å². The van der Waals surface area contributed by atoms with E-state index in [0.29, 0.717) is 13.0 Å². The SMILES string of the molecule is Cc1cccc(OCCCC(=O)NCCN2C(=O)S/C(=C\c3ccccc3F)C2=O)c1. The summed E-state index contributed by atoms with van der Waals surface area (Å²) in [6, 6.07) is 13.7. The van der Waals surface area contributed by atoms with Crippen LogP contribution in [0.4, 0.5) is 9.18 Å². The number of hydrogen-bond donors (Lipinski definition) is 1. The van der Waals surface area contributed by atoms with E-state index in [-0.39, 0.29) is 35.9 Å². The lowest BCUT2D eigenvalue weighted by molar-refractivity contribution is -0.124. The van der Waals surface area contributed by atoms with Crippen molar-refractivity contribution in [3.05, 3.63) is 70.4 Å². The summed E-state index contributed by atoms with van der Waals surface area (Å²) in [7, 11) is 0. The first-order valence-corrected chi connectivity index (χ1v) is 10.7. The van der Waals surface area contributed by atoms with Crippen molar-refractivity contribution >= 4 is 34.9 Å². The van der Waals surface area contributed by atoms with E-state index in [4.69, 9.17) is 4.74 Å². The van der Waals surface area contributed by atoms with E-state index < -0.39 is 17.0 Å². The van der Waals surface area contributed by atoms with Gasteiger partial charge in [0.05, 0.1) is 11.5 Å². The van der Waals surface area contributed by atoms with Crippen LogP contribution in [0.3, 0.4) is 0 Å². The van der Waals surface area contributed by atoms with Crippen molar-refractivity contribution in [3.63, 3.8) is 0 Å². The number of carbonyl (C=O) groups excluding carboxylic acids is 3. The minimum absolute atomic E-state index is 0.0603. The number of hydrogen-bond acceptors (Lipinski definition) is 5. The van der Waals surface area contributed by atoms with Gasteiger partial charge in [-0.05, 0) is 54.9 Å². The van der Waals surface area contributed by atoms with Gasteiger partial charge >= 0.3 is 0 Å². The number of halogens is 1. The Bertz CT molecular complexity index is 1010. The summed E-state index contributed by atoms with van der Waals surface area (Å²) >= 11 is 0.763. The Kier molecular flexibility index (Phi) is 7.83. The monoisotopic (exact) mass is 442 g/mol. The van der Waals surface area contributed by atoms with Gasteiger partial charge in [-0.25, -0.2) is 4.39 Å². The standard InChI is InChI=1S/C23H23FN2O4S/c1-16-6-4-8-18(14-16)30-13-5-10-21(27)25-11-12-26-22(28)20(31-23(26)29)15-17-7-2-3-9-19(17)24/h2-4,6-9,14-15H,5,10-13H2,1H3,(H,25,27)/b20-15-. The summed E-state index contributed by atoms with van der Waals surface area (Å²) in [5.41, 5.74) is 1.35. The molecule has 1 aliphatic rings. The third-order valence-corrected chi connectivity index (χ3v) is 5.44. The Morgan fingerprint density at radius 2 is 2.00 bits per heavy atom. The second-order valence-corrected chi connectivity index (χ2v) is 7.97. The molecule has 31 heavy (non-hydrogen) atoms. The predicted molar refractivity (Wildman–Crippen MR) is 118 cm³/mol. The topological polar surface area (TPSA) is 75.7 Å². The van der Waals surface area contributed by atoms with Gasteiger partial charge in [-0.3, -0.25) is 19.3 Å². The third kappa shape index (κ3) is 6.42. The molecule has 1 fully saturated rings. The number of amides is 3. The molecule has 3 rings (SSSR count). The molecule has 0 aliphatic carbocycles. The van der Waals surface area contributed by atoms with E-state index in [1.54, 1.807) is 12.1 Å². The van der Waals surface area contributed by atoms with Gasteiger partial charge in [0.15, 0.2) is 0 Å². The molecule has 0 unspecified atom stereocenters. The Morgan fingerprint density at radius 3 is 2.77 bits per heavy atom. The second kappa shape index (κ2) is 10.8. The molecular weight excluding hydrogens is 419 g/mol. The number of imide groups is 1. The highest BCUT2D eigenvalue weighted by Gasteiger charge is 2.34. The van der Waals surface area contributed by atoms with Crippen LogP contribution in [0.15, 0.2) is 53.4 Å². The average molecular weight is 443 g/mol. The highest BCUT2D eigenvalue weighted by atomic mass is 32.2. The lowest BCUT2D eigenvalue weighted by Crippen LogP contribution is -2.37. The molecule has 6 nitrogen and oxygen atoms in total. The van der Waals surface area contributed by atoms with Crippen molar-refractivity contribution in [2.75, 3.05) is 19.7 Å². The van der Waals surface area contributed by atoms with Gasteiger partial charge in [-0.2, -0.15) is 0 Å². The van der Waals surface area contributed by atoms with Gasteiger partial charge in [-0.15, -0.1) is 0 Å². The molecule has 0 bridgehead atoms. The van der Waals surface area contributed by atoms with Crippen LogP contribution in [0, 0.1) is 12.7 Å². The Labute approximate surface area is 184 Å². The summed E-state index contributed by atoms with van der Waals surface area (Å²) in [5, 5.41) is 2.27. The highest BCUT2D eigenvalue weighted by molar-refractivity contribution is 8.18. The number of thioether (sulfide) groups is 1. The summed E-state index contributed by atoms with van der Waals surface area (Å²) in [5.74, 6) is -0.364. The molecule has 0 atom stereocenters. The number of nitrogens with zero attached hydrogens (tertiary/aromatic N) is 1. The Balaban J connectivity index is 1.39. The summed E-state index contributed by atoms with van der Waals surface area (Å²) in [6.07, 6.45) is 2.20. The van der Waals surface area contributed by atoms with Crippen LogP contribution in [0.2, 0.25) is 0 Å². The molecule has 8 heteroatoms. The molecule has 2 aromatic rings. The molecule has 1 N–H and O–H groups in total. The fourth-order valence-corrected chi connectivity index (χ4v) is 3.81. The first kappa shape index (κ1) is 22.6. The molecule has 1 heterocycles. The van der Waals surface area contributed by atoms with Crippen LogP contribution in [-0.2, 0) is 9.59 Å². The number of nitrogens with one attached hydrogen (secondary N) is 1. The third-order valence-electron chi connectivity index (χ3n) is 4.53. The molecule has 0 radical (unpaired) electrons. The maximum Gasteiger partial charge on any atom is 0.293 e. The molecule has 1 aliphatic heterocycles. The van der Waals surface area contributed by atoms with Crippen LogP contribution < -0.4 is 10.1 Å². The van der Waals surface area contributed by atoms with Crippen molar-refractivity contribution in [1.29, 1.82) is 0 Å². The fourth-order valence-electron chi connectivity index (χ4n) is 2.95. The predicted octanol–water partition coefficient (Wildman–Crippen LogP) is 4.15. The van der Waals surface area contributed by atoms with Crippen molar-refractivity contribution in [2.45, 2.75) is 19.8 Å². The van der Waals surface area contributed by atoms with E-state index in [9.17, 15) is 18.8 Å². The largest absolute Gasteiger partial charge is 0.494 e. The molecule has 0 aromatic heterocycles. The molecular formula is C23H23FN2O4S. The zero-order valence-electron chi connectivity index (χ0n) is 17.1. The first-order chi connectivity index (χ1) is 14.9. The molecule has 2 aromatic carbocycles. The minimum Gasteiger partial charge on any atom is -0.494 e. The van der Waals surface area contributed by atoms with Crippen LogP contribution in [0.5, 0.6) is 5.75 Å². The van der Waals surface area contributed by atoms with E-state index >= 15 is 0 Å². The number of rotatable bonds is 9. The Morgan fingerprint density at radius 1 is 1.19 bits per heavy atom. The summed E-state index contributed by atoms with van der Waals surface area (Å²) < 4.78 is 19.4. The number of aryl methyl sites for hydroxylation is 1. The van der Waals surface area contributed by atoms with Crippen molar-refractivity contribution < 1.29 is 23.5 Å². The van der Waals surface area contributed by atoms with Crippen LogP contribution in [0.25, 0.3) is 6.08 Å². The van der Waals surface area contributed by atoms with E-state index in [1.165, 1.54) is 18.2 Å². The van der Waals surface area contributed by atoms with Crippen molar-refractivity contribution in [2.24, 2.45) is 0 Å². The summed E-state index contributed by atoms with van der Waals surface area (Å²) in [6.45, 7) is 2.61. The van der Waals surface area contributed by atoms with E-state index in [1.807, 2.05) is 31.2 Å². The maximum absolute atomic E-state index is 13.8. The van der Waals surface area contributed by atoms with E-state index in [0.717, 1.165) is 28.0 Å². The zero-order chi connectivity index (χ0) is 22.2. The van der Waals surface area contributed by atoms with Gasteiger partial charge in [0, 0.05) is 25.1 Å².